The second-order valence-corrected chi connectivity index (χ2v) is 13.8. The van der Waals surface area contributed by atoms with Crippen LogP contribution in [0.3, 0.4) is 0 Å². The van der Waals surface area contributed by atoms with Crippen molar-refractivity contribution < 1.29 is 19.7 Å². The molecule has 1 saturated carbocycles. The number of aliphatic hydroxyl groups is 2. The fourth-order valence-corrected chi connectivity index (χ4v) is 7.24. The van der Waals surface area contributed by atoms with E-state index < -0.39 is 5.60 Å². The third-order valence-corrected chi connectivity index (χ3v) is 10.6. The summed E-state index contributed by atoms with van der Waals surface area (Å²) >= 11 is 1.88. The highest BCUT2D eigenvalue weighted by Gasteiger charge is 2.41. The Kier molecular flexibility index (Phi) is 18.6. The first kappa shape index (κ1) is 34.8. The highest BCUT2D eigenvalue weighted by atomic mass is 32.2. The van der Waals surface area contributed by atoms with Gasteiger partial charge in [-0.05, 0) is 56.8 Å². The zero-order valence-electron chi connectivity index (χ0n) is 25.2. The Morgan fingerprint density at radius 2 is 1.43 bits per heavy atom. The van der Waals surface area contributed by atoms with Crippen molar-refractivity contribution in [1.82, 2.24) is 0 Å². The van der Waals surface area contributed by atoms with Crippen molar-refractivity contribution in [3.63, 3.8) is 0 Å². The molecule has 4 nitrogen and oxygen atoms in total. The van der Waals surface area contributed by atoms with Crippen LogP contribution in [0.1, 0.15) is 157 Å². The fraction of sp³-hybridized carbons (Fsp3) is 0.969. The average Bonchev–Trinajstić information content (AvgIpc) is 3.21. The number of carbonyl (C=O) groups is 1. The van der Waals surface area contributed by atoms with Gasteiger partial charge in [0.15, 0.2) is 0 Å². The van der Waals surface area contributed by atoms with Crippen molar-refractivity contribution in [3.8, 4) is 0 Å². The molecule has 220 valence electrons. The zero-order chi connectivity index (χ0) is 27.6. The minimum atomic E-state index is -0.701. The number of hydrogen-bond donors (Lipinski definition) is 2. The molecule has 0 aromatic heterocycles. The lowest BCUT2D eigenvalue weighted by Crippen LogP contribution is -2.44. The van der Waals surface area contributed by atoms with Crippen molar-refractivity contribution in [3.05, 3.63) is 0 Å². The molecule has 1 aliphatic carbocycles. The van der Waals surface area contributed by atoms with Gasteiger partial charge in [0.25, 0.3) is 0 Å². The average molecular weight is 543 g/mol. The molecule has 5 heteroatoms. The number of ether oxygens (including phenoxy) is 1. The van der Waals surface area contributed by atoms with E-state index in [4.69, 9.17) is 4.74 Å². The first-order valence-electron chi connectivity index (χ1n) is 15.8. The fourth-order valence-electron chi connectivity index (χ4n) is 5.45. The first-order valence-corrected chi connectivity index (χ1v) is 16.9. The molecule has 0 heterocycles. The normalized spacial score (nSPS) is 21.8. The van der Waals surface area contributed by atoms with Gasteiger partial charge in [-0.2, -0.15) is 11.8 Å². The number of unbranched alkanes of at least 4 members (excludes halogenated alkanes) is 11. The molecule has 0 radical (unpaired) electrons. The van der Waals surface area contributed by atoms with E-state index in [0.717, 1.165) is 76.4 Å². The smallest absolute Gasteiger partial charge is 0.305 e. The van der Waals surface area contributed by atoms with E-state index in [0.29, 0.717) is 24.2 Å². The van der Waals surface area contributed by atoms with E-state index >= 15 is 0 Å². The molecule has 4 atom stereocenters. The van der Waals surface area contributed by atoms with Gasteiger partial charge in [0.1, 0.15) is 0 Å². The van der Waals surface area contributed by atoms with Gasteiger partial charge in [-0.1, -0.05) is 105 Å². The van der Waals surface area contributed by atoms with Crippen molar-refractivity contribution in [2.24, 2.45) is 11.3 Å². The number of thioether (sulfide) groups is 1. The lowest BCUT2D eigenvalue weighted by molar-refractivity contribution is -0.143. The maximum Gasteiger partial charge on any atom is 0.305 e. The van der Waals surface area contributed by atoms with Crippen LogP contribution in [0.2, 0.25) is 0 Å². The van der Waals surface area contributed by atoms with Gasteiger partial charge < -0.3 is 14.9 Å². The maximum atomic E-state index is 12.0. The van der Waals surface area contributed by atoms with Gasteiger partial charge in [0.05, 0.1) is 18.3 Å². The Morgan fingerprint density at radius 3 is 2.11 bits per heavy atom. The van der Waals surface area contributed by atoms with Gasteiger partial charge in [-0.15, -0.1) is 0 Å². The van der Waals surface area contributed by atoms with Crippen LogP contribution in [0.5, 0.6) is 0 Å². The molecule has 1 rings (SSSR count). The Hall–Kier alpha value is -0.260. The number of aliphatic hydroxyl groups excluding tert-OH is 1. The predicted octanol–water partition coefficient (Wildman–Crippen LogP) is 8.85. The van der Waals surface area contributed by atoms with Crippen LogP contribution in [-0.4, -0.2) is 45.5 Å². The van der Waals surface area contributed by atoms with Crippen molar-refractivity contribution >= 4 is 17.7 Å². The van der Waals surface area contributed by atoms with Gasteiger partial charge in [0, 0.05) is 17.4 Å². The summed E-state index contributed by atoms with van der Waals surface area (Å²) in [5.41, 5.74) is -0.800. The molecule has 0 bridgehead atoms. The van der Waals surface area contributed by atoms with Crippen LogP contribution in [0.25, 0.3) is 0 Å². The van der Waals surface area contributed by atoms with E-state index in [1.807, 2.05) is 18.7 Å². The summed E-state index contributed by atoms with van der Waals surface area (Å²) in [6.45, 7) is 11.4. The predicted molar refractivity (Wildman–Crippen MR) is 160 cm³/mol. The molecule has 0 aliphatic heterocycles. The van der Waals surface area contributed by atoms with E-state index in [1.165, 1.54) is 44.9 Å². The summed E-state index contributed by atoms with van der Waals surface area (Å²) in [7, 11) is 0. The molecule has 4 unspecified atom stereocenters. The molecule has 1 aliphatic rings. The molecule has 37 heavy (non-hydrogen) atoms. The Labute approximate surface area is 234 Å². The topological polar surface area (TPSA) is 66.8 Å². The van der Waals surface area contributed by atoms with E-state index in [9.17, 15) is 15.0 Å². The number of hydrogen-bond acceptors (Lipinski definition) is 5. The molecule has 2 N–H and O–H groups in total. The van der Waals surface area contributed by atoms with Crippen LogP contribution in [-0.2, 0) is 9.53 Å². The molecule has 0 aromatic carbocycles. The van der Waals surface area contributed by atoms with E-state index in [1.54, 1.807) is 0 Å². The molecule has 1 fully saturated rings. The molecule has 0 amide bonds. The lowest BCUT2D eigenvalue weighted by Gasteiger charge is -2.41. The molecule has 0 saturated heterocycles. The minimum Gasteiger partial charge on any atom is -0.466 e. The van der Waals surface area contributed by atoms with Crippen LogP contribution in [0.4, 0.5) is 0 Å². The van der Waals surface area contributed by atoms with E-state index in [-0.39, 0.29) is 17.5 Å². The highest BCUT2D eigenvalue weighted by molar-refractivity contribution is 8.00. The van der Waals surface area contributed by atoms with Gasteiger partial charge in [0.2, 0.25) is 0 Å². The Balaban J connectivity index is 2.14. The molecular formula is C32H62O4S. The van der Waals surface area contributed by atoms with Gasteiger partial charge in [-0.25, -0.2) is 0 Å². The maximum absolute atomic E-state index is 12.0. The van der Waals surface area contributed by atoms with Crippen molar-refractivity contribution in [1.29, 1.82) is 0 Å². The SMILES string of the molecule is CCCCCCCCCCOC(=O)CCCCCCC1C(O)CCC1SCC(C)(O)C(C)(C)CCCC. The summed E-state index contributed by atoms with van der Waals surface area (Å²) in [4.78, 5) is 12.0. The van der Waals surface area contributed by atoms with Gasteiger partial charge in [-0.3, -0.25) is 4.79 Å². The second-order valence-electron chi connectivity index (χ2n) is 12.6. The summed E-state index contributed by atoms with van der Waals surface area (Å²) in [6.07, 6.45) is 20.9. The molecular weight excluding hydrogens is 480 g/mol. The number of esters is 1. The number of rotatable bonds is 23. The van der Waals surface area contributed by atoms with Crippen molar-refractivity contribution in [2.75, 3.05) is 12.4 Å². The summed E-state index contributed by atoms with van der Waals surface area (Å²) in [5, 5.41) is 22.2. The Morgan fingerprint density at radius 1 is 0.838 bits per heavy atom. The quantitative estimate of drug-likeness (QED) is 0.0997. The monoisotopic (exact) mass is 542 g/mol. The molecule has 0 aromatic rings. The molecule has 0 spiro atoms. The van der Waals surface area contributed by atoms with Crippen molar-refractivity contribution in [2.45, 2.75) is 174 Å². The summed E-state index contributed by atoms with van der Waals surface area (Å²) in [5.74, 6) is 1.02. The van der Waals surface area contributed by atoms with Crippen LogP contribution in [0, 0.1) is 11.3 Å². The third-order valence-electron chi connectivity index (χ3n) is 8.84. The first-order chi connectivity index (χ1) is 17.6. The van der Waals surface area contributed by atoms with E-state index in [2.05, 4.69) is 27.7 Å². The largest absolute Gasteiger partial charge is 0.466 e. The third kappa shape index (κ3) is 14.6. The van der Waals surface area contributed by atoms with Crippen LogP contribution >= 0.6 is 11.8 Å². The highest BCUT2D eigenvalue weighted by Crippen LogP contribution is 2.43. The second kappa shape index (κ2) is 19.7. The van der Waals surface area contributed by atoms with Crippen LogP contribution in [0.15, 0.2) is 0 Å². The standard InChI is InChI=1S/C32H62O4S/c1-6-8-10-11-12-13-16-19-25-36-30(34)21-18-15-14-17-20-27-28(33)22-23-29(27)37-26-32(5,35)31(3,4)24-9-7-2/h27-29,33,35H,6-26H2,1-5H3. The van der Waals surface area contributed by atoms with Gasteiger partial charge >= 0.3 is 5.97 Å². The zero-order valence-corrected chi connectivity index (χ0v) is 26.0. The summed E-state index contributed by atoms with van der Waals surface area (Å²) in [6, 6.07) is 0. The number of carbonyl (C=O) groups excluding carboxylic acids is 1. The van der Waals surface area contributed by atoms with Crippen LogP contribution < -0.4 is 0 Å². The minimum absolute atomic E-state index is 0.0421. The lowest BCUT2D eigenvalue weighted by atomic mass is 9.73. The summed E-state index contributed by atoms with van der Waals surface area (Å²) < 4.78 is 5.41. The Bertz CT molecular complexity index is 577.